The molecule has 1 atom stereocenters. The lowest BCUT2D eigenvalue weighted by Gasteiger charge is -2.25. The summed E-state index contributed by atoms with van der Waals surface area (Å²) in [6.45, 7) is 1.64. The molecule has 28 heavy (non-hydrogen) atoms. The number of carbonyl (C=O) groups excluding carboxylic acids is 1. The number of halogens is 1. The molecule has 0 spiro atoms. The molecule has 3 rings (SSSR count). The zero-order valence-electron chi connectivity index (χ0n) is 15.7. The summed E-state index contributed by atoms with van der Waals surface area (Å²) < 4.78 is 36.4. The molecule has 1 amide bonds. The van der Waals surface area contributed by atoms with Gasteiger partial charge in [0, 0.05) is 17.6 Å². The topological polar surface area (TPSA) is 84.9 Å². The predicted molar refractivity (Wildman–Crippen MR) is 109 cm³/mol. The molecular formula is C19H21ClN2O5S. The Hall–Kier alpha value is -2.45. The molecule has 1 fully saturated rings. The number of anilines is 2. The summed E-state index contributed by atoms with van der Waals surface area (Å²) in [6, 6.07) is 11.4. The number of sulfonamides is 1. The van der Waals surface area contributed by atoms with Gasteiger partial charge in [0.25, 0.3) is 0 Å². The lowest BCUT2D eigenvalue weighted by atomic mass is 10.1. The van der Waals surface area contributed by atoms with E-state index in [1.165, 1.54) is 25.4 Å². The highest BCUT2D eigenvalue weighted by Crippen LogP contribution is 2.38. The van der Waals surface area contributed by atoms with Crippen LogP contribution in [0.3, 0.4) is 0 Å². The molecule has 1 unspecified atom stereocenters. The third-order valence-electron chi connectivity index (χ3n) is 4.90. The number of nitrogens with zero attached hydrogens (tertiary/aromatic N) is 1. The van der Waals surface area contributed by atoms with Crippen LogP contribution >= 0.6 is 11.6 Å². The summed E-state index contributed by atoms with van der Waals surface area (Å²) in [6.07, 6.45) is 0.155. The number of nitrogens with one attached hydrogen (secondary N) is 1. The predicted octanol–water partition coefficient (Wildman–Crippen LogP) is 3.29. The fourth-order valence-corrected chi connectivity index (χ4v) is 5.05. The first-order chi connectivity index (χ1) is 13.2. The van der Waals surface area contributed by atoms with Crippen LogP contribution in [0.4, 0.5) is 11.4 Å². The van der Waals surface area contributed by atoms with Crippen molar-refractivity contribution in [2.24, 2.45) is 0 Å². The fourth-order valence-electron chi connectivity index (χ4n) is 3.07. The Bertz CT molecular complexity index is 994. The van der Waals surface area contributed by atoms with Gasteiger partial charge in [0.05, 0.1) is 25.6 Å². The van der Waals surface area contributed by atoms with Gasteiger partial charge in [-0.05, 0) is 49.7 Å². The Morgan fingerprint density at radius 1 is 1.14 bits per heavy atom. The average molecular weight is 425 g/mol. The summed E-state index contributed by atoms with van der Waals surface area (Å²) in [5, 5.41) is 3.19. The maximum Gasteiger partial charge on any atom is 0.249 e. The van der Waals surface area contributed by atoms with E-state index < -0.39 is 20.7 Å². The van der Waals surface area contributed by atoms with Crippen molar-refractivity contribution in [2.75, 3.05) is 30.4 Å². The molecule has 150 valence electrons. The van der Waals surface area contributed by atoms with Crippen LogP contribution in [-0.4, -0.2) is 39.8 Å². The van der Waals surface area contributed by atoms with Crippen molar-refractivity contribution in [1.82, 2.24) is 0 Å². The number of carbonyl (C=O) groups is 1. The largest absolute Gasteiger partial charge is 0.497 e. The molecule has 1 aliphatic rings. The zero-order valence-corrected chi connectivity index (χ0v) is 17.3. The first-order valence-corrected chi connectivity index (χ1v) is 10.4. The number of ether oxygens (including phenoxy) is 2. The van der Waals surface area contributed by atoms with Crippen LogP contribution in [0.5, 0.6) is 11.5 Å². The van der Waals surface area contributed by atoms with Crippen molar-refractivity contribution < 1.29 is 22.7 Å². The summed E-state index contributed by atoms with van der Waals surface area (Å²) in [7, 11) is -0.955. The number of hydrogen-bond acceptors (Lipinski definition) is 5. The second-order valence-electron chi connectivity index (χ2n) is 6.55. The van der Waals surface area contributed by atoms with Crippen LogP contribution in [0.15, 0.2) is 42.5 Å². The van der Waals surface area contributed by atoms with Crippen molar-refractivity contribution in [3.8, 4) is 11.5 Å². The molecule has 0 aliphatic carbocycles. The average Bonchev–Trinajstić information content (AvgIpc) is 2.93. The molecule has 1 aliphatic heterocycles. The third-order valence-corrected chi connectivity index (χ3v) is 7.66. The fraction of sp³-hybridized carbons (Fsp3) is 0.316. The second kappa shape index (κ2) is 7.52. The van der Waals surface area contributed by atoms with Crippen molar-refractivity contribution in [2.45, 2.75) is 18.1 Å². The normalized spacial score (nSPS) is 20.6. The smallest absolute Gasteiger partial charge is 0.249 e. The summed E-state index contributed by atoms with van der Waals surface area (Å²) in [4.78, 5) is 13.0. The first kappa shape index (κ1) is 20.3. The minimum absolute atomic E-state index is 0.155. The zero-order chi connectivity index (χ0) is 20.5. The SMILES string of the molecule is COc1ccc(NC(=O)C2(C)CCN(c3ccc(Cl)cc3)S2(=O)=O)c(OC)c1. The summed E-state index contributed by atoms with van der Waals surface area (Å²) in [5.74, 6) is 0.317. The first-order valence-electron chi connectivity index (χ1n) is 8.54. The Morgan fingerprint density at radius 3 is 2.43 bits per heavy atom. The molecule has 9 heteroatoms. The molecule has 0 saturated carbocycles. The van der Waals surface area contributed by atoms with E-state index in [0.717, 1.165) is 0 Å². The Balaban J connectivity index is 1.88. The van der Waals surface area contributed by atoms with Crippen LogP contribution in [0.1, 0.15) is 13.3 Å². The molecule has 7 nitrogen and oxygen atoms in total. The van der Waals surface area contributed by atoms with Crippen molar-refractivity contribution in [3.05, 3.63) is 47.5 Å². The molecule has 0 bridgehead atoms. The number of hydrogen-bond donors (Lipinski definition) is 1. The highest BCUT2D eigenvalue weighted by atomic mass is 35.5. The van der Waals surface area contributed by atoms with E-state index in [1.54, 1.807) is 42.5 Å². The molecule has 0 radical (unpaired) electrons. The highest BCUT2D eigenvalue weighted by Gasteiger charge is 2.54. The lowest BCUT2D eigenvalue weighted by Crippen LogP contribution is -2.47. The number of amides is 1. The van der Waals surface area contributed by atoms with Crippen LogP contribution in [0.2, 0.25) is 5.02 Å². The third kappa shape index (κ3) is 3.38. The Labute approximate surface area is 169 Å². The van der Waals surface area contributed by atoms with Gasteiger partial charge in [-0.25, -0.2) is 8.42 Å². The standard InChI is InChI=1S/C19H21ClN2O5S/c1-19(18(23)21-16-9-8-15(26-2)12-17(16)27-3)10-11-22(28(19,24)25)14-6-4-13(20)5-7-14/h4-9,12H,10-11H2,1-3H3,(H,21,23). The molecule has 1 N–H and O–H groups in total. The van der Waals surface area contributed by atoms with E-state index in [9.17, 15) is 13.2 Å². The molecule has 1 saturated heterocycles. The number of rotatable bonds is 5. The van der Waals surface area contributed by atoms with Gasteiger partial charge < -0.3 is 14.8 Å². The van der Waals surface area contributed by atoms with Gasteiger partial charge >= 0.3 is 0 Å². The maximum absolute atomic E-state index is 13.2. The lowest BCUT2D eigenvalue weighted by molar-refractivity contribution is -0.118. The van der Waals surface area contributed by atoms with E-state index >= 15 is 0 Å². The van der Waals surface area contributed by atoms with E-state index in [2.05, 4.69) is 5.32 Å². The van der Waals surface area contributed by atoms with Gasteiger partial charge in [0.1, 0.15) is 11.5 Å². The van der Waals surface area contributed by atoms with Gasteiger partial charge in [0.2, 0.25) is 15.9 Å². The van der Waals surface area contributed by atoms with E-state index in [0.29, 0.717) is 27.9 Å². The minimum atomic E-state index is -3.93. The van der Waals surface area contributed by atoms with E-state index in [-0.39, 0.29) is 13.0 Å². The molecular weight excluding hydrogens is 404 g/mol. The van der Waals surface area contributed by atoms with Gasteiger partial charge in [0.15, 0.2) is 4.75 Å². The molecule has 0 aromatic heterocycles. The van der Waals surface area contributed by atoms with Crippen LogP contribution in [0, 0.1) is 0 Å². The van der Waals surface area contributed by atoms with Gasteiger partial charge in [-0.15, -0.1) is 0 Å². The van der Waals surface area contributed by atoms with Crippen molar-refractivity contribution in [1.29, 1.82) is 0 Å². The molecule has 2 aromatic carbocycles. The Kier molecular flexibility index (Phi) is 5.45. The van der Waals surface area contributed by atoms with Crippen molar-refractivity contribution in [3.63, 3.8) is 0 Å². The van der Waals surface area contributed by atoms with Gasteiger partial charge in [-0.3, -0.25) is 9.10 Å². The van der Waals surface area contributed by atoms with Gasteiger partial charge in [-0.2, -0.15) is 0 Å². The molecule has 2 aromatic rings. The summed E-state index contributed by atoms with van der Waals surface area (Å²) in [5.41, 5.74) is 0.845. The Morgan fingerprint density at radius 2 is 1.82 bits per heavy atom. The summed E-state index contributed by atoms with van der Waals surface area (Å²) >= 11 is 5.88. The quantitative estimate of drug-likeness (QED) is 0.796. The number of benzene rings is 2. The van der Waals surface area contributed by atoms with E-state index in [1.807, 2.05) is 0 Å². The minimum Gasteiger partial charge on any atom is -0.497 e. The van der Waals surface area contributed by atoms with E-state index in [4.69, 9.17) is 21.1 Å². The number of methoxy groups -OCH3 is 2. The second-order valence-corrected chi connectivity index (χ2v) is 9.28. The van der Waals surface area contributed by atoms with Crippen LogP contribution in [-0.2, 0) is 14.8 Å². The highest BCUT2D eigenvalue weighted by molar-refractivity contribution is 7.95. The van der Waals surface area contributed by atoms with Gasteiger partial charge in [-0.1, -0.05) is 11.6 Å². The molecule has 1 heterocycles. The maximum atomic E-state index is 13.2. The van der Waals surface area contributed by atoms with Crippen LogP contribution < -0.4 is 19.1 Å². The van der Waals surface area contributed by atoms with Crippen molar-refractivity contribution >= 4 is 38.9 Å². The van der Waals surface area contributed by atoms with Crippen LogP contribution in [0.25, 0.3) is 0 Å². The monoisotopic (exact) mass is 424 g/mol.